The summed E-state index contributed by atoms with van der Waals surface area (Å²) in [5, 5.41) is 2.67. The fourth-order valence-electron chi connectivity index (χ4n) is 1.25. The van der Waals surface area contributed by atoms with Crippen molar-refractivity contribution < 1.29 is 9.53 Å². The molecular formula is C12H15NO2. The predicted octanol–water partition coefficient (Wildman–Crippen LogP) is 2.27. The molecule has 1 aromatic carbocycles. The minimum absolute atomic E-state index is 0.103. The molecule has 0 saturated carbocycles. The zero-order chi connectivity index (χ0) is 11.3. The fourth-order valence-corrected chi connectivity index (χ4v) is 1.25. The van der Waals surface area contributed by atoms with Crippen molar-refractivity contribution in [2.45, 2.75) is 13.8 Å². The number of amides is 1. The number of carbonyl (C=O) groups excluding carboxylic acids is 1. The minimum Gasteiger partial charge on any atom is -0.497 e. The van der Waals surface area contributed by atoms with E-state index in [9.17, 15) is 4.79 Å². The molecule has 0 bridgehead atoms. The zero-order valence-corrected chi connectivity index (χ0v) is 9.20. The van der Waals surface area contributed by atoms with Gasteiger partial charge in [-0.2, -0.15) is 0 Å². The number of rotatable bonds is 3. The number of carbonyl (C=O) groups is 1. The summed E-state index contributed by atoms with van der Waals surface area (Å²) in [4.78, 5) is 11.6. The lowest BCUT2D eigenvalue weighted by atomic mass is 10.1. The highest BCUT2D eigenvalue weighted by Gasteiger charge is 2.07. The SMILES string of the molecule is C/C=C\NC(=O)c1ccc(OC)cc1C. The molecule has 1 amide bonds. The number of methoxy groups -OCH3 is 1. The molecule has 0 spiro atoms. The van der Waals surface area contributed by atoms with Gasteiger partial charge in [0, 0.05) is 5.56 Å². The van der Waals surface area contributed by atoms with E-state index in [0.717, 1.165) is 11.3 Å². The number of aryl methyl sites for hydroxylation is 1. The van der Waals surface area contributed by atoms with Crippen LogP contribution in [0.25, 0.3) is 0 Å². The molecule has 0 heterocycles. The normalized spacial score (nSPS) is 10.3. The minimum atomic E-state index is -0.103. The summed E-state index contributed by atoms with van der Waals surface area (Å²) in [6.45, 7) is 3.73. The third-order valence-corrected chi connectivity index (χ3v) is 2.06. The van der Waals surface area contributed by atoms with Crippen LogP contribution in [0, 0.1) is 6.92 Å². The molecule has 0 atom stereocenters. The van der Waals surface area contributed by atoms with Crippen LogP contribution in [-0.4, -0.2) is 13.0 Å². The predicted molar refractivity (Wildman–Crippen MR) is 60.0 cm³/mol. The van der Waals surface area contributed by atoms with Gasteiger partial charge in [-0.05, 0) is 43.8 Å². The Bertz CT molecular complexity index is 383. The maximum Gasteiger partial charge on any atom is 0.255 e. The smallest absolute Gasteiger partial charge is 0.255 e. The highest BCUT2D eigenvalue weighted by Crippen LogP contribution is 2.16. The maximum absolute atomic E-state index is 11.6. The molecule has 3 nitrogen and oxygen atoms in total. The van der Waals surface area contributed by atoms with Crippen molar-refractivity contribution >= 4 is 5.91 Å². The third kappa shape index (κ3) is 2.84. The molecule has 80 valence electrons. The Morgan fingerprint density at radius 1 is 1.47 bits per heavy atom. The summed E-state index contributed by atoms with van der Waals surface area (Å²) in [6, 6.07) is 5.37. The molecule has 0 aliphatic carbocycles. The van der Waals surface area contributed by atoms with Gasteiger partial charge in [-0.1, -0.05) is 6.08 Å². The van der Waals surface area contributed by atoms with E-state index in [1.54, 1.807) is 31.5 Å². The molecule has 0 aromatic heterocycles. The van der Waals surface area contributed by atoms with Crippen LogP contribution in [0.3, 0.4) is 0 Å². The van der Waals surface area contributed by atoms with Crippen LogP contribution in [0.2, 0.25) is 0 Å². The molecule has 15 heavy (non-hydrogen) atoms. The van der Waals surface area contributed by atoms with E-state index in [4.69, 9.17) is 4.74 Å². The second-order valence-corrected chi connectivity index (χ2v) is 3.15. The standard InChI is InChI=1S/C12H15NO2/c1-4-7-13-12(14)11-6-5-10(15-3)8-9(11)2/h4-8H,1-3H3,(H,13,14)/b7-4-. The molecule has 1 N–H and O–H groups in total. The second kappa shape index (κ2) is 5.20. The zero-order valence-electron chi connectivity index (χ0n) is 9.20. The van der Waals surface area contributed by atoms with E-state index in [0.29, 0.717) is 5.56 Å². The van der Waals surface area contributed by atoms with Crippen LogP contribution < -0.4 is 10.1 Å². The first-order valence-corrected chi connectivity index (χ1v) is 4.75. The molecule has 0 saturated heterocycles. The summed E-state index contributed by atoms with van der Waals surface area (Å²) < 4.78 is 5.07. The van der Waals surface area contributed by atoms with Gasteiger partial charge >= 0.3 is 0 Å². The van der Waals surface area contributed by atoms with Crippen molar-refractivity contribution in [1.82, 2.24) is 5.32 Å². The Morgan fingerprint density at radius 2 is 2.20 bits per heavy atom. The van der Waals surface area contributed by atoms with Gasteiger partial charge in [-0.3, -0.25) is 4.79 Å². The molecule has 0 radical (unpaired) electrons. The number of nitrogens with one attached hydrogen (secondary N) is 1. The number of benzene rings is 1. The molecule has 0 fully saturated rings. The van der Waals surface area contributed by atoms with E-state index in [-0.39, 0.29) is 5.91 Å². The first-order valence-electron chi connectivity index (χ1n) is 4.75. The van der Waals surface area contributed by atoms with Crippen molar-refractivity contribution in [2.75, 3.05) is 7.11 Å². The van der Waals surface area contributed by atoms with Crippen LogP contribution in [0.15, 0.2) is 30.5 Å². The van der Waals surface area contributed by atoms with Gasteiger partial charge in [0.05, 0.1) is 7.11 Å². The van der Waals surface area contributed by atoms with Crippen LogP contribution in [0.4, 0.5) is 0 Å². The second-order valence-electron chi connectivity index (χ2n) is 3.15. The van der Waals surface area contributed by atoms with E-state index >= 15 is 0 Å². The van der Waals surface area contributed by atoms with Gasteiger partial charge in [-0.25, -0.2) is 0 Å². The third-order valence-electron chi connectivity index (χ3n) is 2.06. The van der Waals surface area contributed by atoms with E-state index < -0.39 is 0 Å². The topological polar surface area (TPSA) is 38.3 Å². The van der Waals surface area contributed by atoms with Crippen molar-refractivity contribution in [2.24, 2.45) is 0 Å². The number of ether oxygens (including phenoxy) is 1. The largest absolute Gasteiger partial charge is 0.497 e. The highest BCUT2D eigenvalue weighted by molar-refractivity contribution is 5.96. The molecule has 3 heteroatoms. The van der Waals surface area contributed by atoms with Crippen molar-refractivity contribution in [3.05, 3.63) is 41.6 Å². The van der Waals surface area contributed by atoms with Crippen molar-refractivity contribution in [3.63, 3.8) is 0 Å². The van der Waals surface area contributed by atoms with Crippen LogP contribution in [0.5, 0.6) is 5.75 Å². The Hall–Kier alpha value is -1.77. The number of hydrogen-bond acceptors (Lipinski definition) is 2. The maximum atomic E-state index is 11.6. The van der Waals surface area contributed by atoms with E-state index in [1.807, 2.05) is 19.9 Å². The average molecular weight is 205 g/mol. The lowest BCUT2D eigenvalue weighted by Crippen LogP contribution is -2.17. The summed E-state index contributed by atoms with van der Waals surface area (Å²) in [7, 11) is 1.61. The van der Waals surface area contributed by atoms with Crippen LogP contribution in [0.1, 0.15) is 22.8 Å². The number of hydrogen-bond donors (Lipinski definition) is 1. The van der Waals surface area contributed by atoms with Crippen LogP contribution >= 0.6 is 0 Å². The summed E-state index contributed by atoms with van der Waals surface area (Å²) in [5.74, 6) is 0.656. The summed E-state index contributed by atoms with van der Waals surface area (Å²) in [5.41, 5.74) is 1.56. The quantitative estimate of drug-likeness (QED) is 0.822. The first-order chi connectivity index (χ1) is 7.19. The average Bonchev–Trinajstić information content (AvgIpc) is 2.25. The first kappa shape index (κ1) is 11.3. The molecule has 0 aliphatic heterocycles. The van der Waals surface area contributed by atoms with Gasteiger partial charge in [0.25, 0.3) is 5.91 Å². The monoisotopic (exact) mass is 205 g/mol. The van der Waals surface area contributed by atoms with Gasteiger partial charge < -0.3 is 10.1 Å². The Balaban J connectivity index is 2.90. The lowest BCUT2D eigenvalue weighted by Gasteiger charge is -2.06. The van der Waals surface area contributed by atoms with Gasteiger partial charge in [-0.15, -0.1) is 0 Å². The lowest BCUT2D eigenvalue weighted by molar-refractivity contribution is 0.0969. The summed E-state index contributed by atoms with van der Waals surface area (Å²) in [6.07, 6.45) is 3.39. The van der Waals surface area contributed by atoms with Gasteiger partial charge in [0.2, 0.25) is 0 Å². The molecule has 0 aliphatic rings. The number of allylic oxidation sites excluding steroid dienone is 1. The van der Waals surface area contributed by atoms with Crippen LogP contribution in [-0.2, 0) is 0 Å². The van der Waals surface area contributed by atoms with Crippen molar-refractivity contribution in [3.8, 4) is 5.75 Å². The van der Waals surface area contributed by atoms with Gasteiger partial charge in [0.1, 0.15) is 5.75 Å². The van der Waals surface area contributed by atoms with E-state index in [2.05, 4.69) is 5.32 Å². The molecule has 1 aromatic rings. The van der Waals surface area contributed by atoms with Crippen molar-refractivity contribution in [1.29, 1.82) is 0 Å². The molecule has 0 unspecified atom stereocenters. The highest BCUT2D eigenvalue weighted by atomic mass is 16.5. The van der Waals surface area contributed by atoms with Gasteiger partial charge in [0.15, 0.2) is 0 Å². The Kier molecular flexibility index (Phi) is 3.92. The fraction of sp³-hybridized carbons (Fsp3) is 0.250. The van der Waals surface area contributed by atoms with E-state index in [1.165, 1.54) is 0 Å². The molecule has 1 rings (SSSR count). The molecular weight excluding hydrogens is 190 g/mol. The Labute approximate surface area is 89.8 Å². The Morgan fingerprint density at radius 3 is 2.73 bits per heavy atom. The summed E-state index contributed by atoms with van der Waals surface area (Å²) >= 11 is 0.